The summed E-state index contributed by atoms with van der Waals surface area (Å²) in [6.07, 6.45) is 0. The molecule has 0 bridgehead atoms. The van der Waals surface area contributed by atoms with Crippen LogP contribution in [-0.4, -0.2) is 28.5 Å². The molecular formula is C20H24N2O5S2. The van der Waals surface area contributed by atoms with Crippen LogP contribution in [0.1, 0.15) is 39.2 Å². The second-order valence-electron chi connectivity index (χ2n) is 8.05. The van der Waals surface area contributed by atoms with Gasteiger partial charge in [0.05, 0.1) is 27.4 Å². The first kappa shape index (κ1) is 21.3. The predicted molar refractivity (Wildman–Crippen MR) is 113 cm³/mol. The van der Waals surface area contributed by atoms with E-state index in [4.69, 9.17) is 0 Å². The number of rotatable bonds is 5. The van der Waals surface area contributed by atoms with Crippen molar-refractivity contribution in [2.75, 3.05) is 14.8 Å². The highest BCUT2D eigenvalue weighted by Crippen LogP contribution is 2.36. The van der Waals surface area contributed by atoms with E-state index in [2.05, 4.69) is 4.72 Å². The van der Waals surface area contributed by atoms with Gasteiger partial charge in [-0.15, -0.1) is 0 Å². The zero-order valence-corrected chi connectivity index (χ0v) is 18.3. The molecule has 1 N–H and O–H groups in total. The second kappa shape index (κ2) is 7.14. The second-order valence-corrected chi connectivity index (χ2v) is 11.6. The van der Waals surface area contributed by atoms with E-state index in [0.717, 1.165) is 9.87 Å². The van der Waals surface area contributed by atoms with Crippen LogP contribution in [0, 0.1) is 5.41 Å². The summed E-state index contributed by atoms with van der Waals surface area (Å²) in [5.74, 6) is -0.685. The van der Waals surface area contributed by atoms with Gasteiger partial charge in [-0.3, -0.25) is 9.52 Å². The third kappa shape index (κ3) is 4.02. The topological polar surface area (TPSA) is 101 Å². The molecule has 3 rings (SSSR count). The molecule has 1 heterocycles. The Morgan fingerprint density at radius 2 is 1.62 bits per heavy atom. The van der Waals surface area contributed by atoms with Crippen LogP contribution in [0.5, 0.6) is 0 Å². The number of hydrogen-bond acceptors (Lipinski definition) is 5. The Hall–Kier alpha value is -2.39. The number of para-hydroxylation sites is 1. The molecule has 1 amide bonds. The Labute approximate surface area is 171 Å². The molecule has 2 aromatic rings. The monoisotopic (exact) mass is 436 g/mol. The Balaban J connectivity index is 1.92. The van der Waals surface area contributed by atoms with Crippen LogP contribution >= 0.6 is 0 Å². The maximum absolute atomic E-state index is 12.8. The summed E-state index contributed by atoms with van der Waals surface area (Å²) in [6, 6.07) is 12.4. The van der Waals surface area contributed by atoms with Crippen molar-refractivity contribution in [2.24, 2.45) is 5.41 Å². The summed E-state index contributed by atoms with van der Waals surface area (Å²) in [6.45, 7) is 7.08. The average Bonchev–Trinajstić information content (AvgIpc) is 2.77. The van der Waals surface area contributed by atoms with Crippen LogP contribution in [0.3, 0.4) is 0 Å². The Bertz CT molecular complexity index is 1150. The zero-order chi connectivity index (χ0) is 21.6. The van der Waals surface area contributed by atoms with E-state index in [-0.39, 0.29) is 22.3 Å². The SMILES string of the molecule is CC(C)c1ccccc1NS(=O)(=O)c1ccc(N2C(=O)C(C)(C)CS2(=O)=O)cc1. The lowest BCUT2D eigenvalue weighted by Gasteiger charge is -2.18. The van der Waals surface area contributed by atoms with Crippen LogP contribution in [0.2, 0.25) is 0 Å². The van der Waals surface area contributed by atoms with Crippen molar-refractivity contribution in [3.63, 3.8) is 0 Å². The summed E-state index contributed by atoms with van der Waals surface area (Å²) in [5, 5.41) is 0. The van der Waals surface area contributed by atoms with Crippen molar-refractivity contribution in [3.05, 3.63) is 54.1 Å². The van der Waals surface area contributed by atoms with Crippen LogP contribution in [-0.2, 0) is 24.8 Å². The molecule has 0 unspecified atom stereocenters. The van der Waals surface area contributed by atoms with E-state index in [1.807, 2.05) is 26.0 Å². The molecule has 29 heavy (non-hydrogen) atoms. The predicted octanol–water partition coefficient (Wildman–Crippen LogP) is 3.31. The minimum absolute atomic E-state index is 0.0249. The minimum Gasteiger partial charge on any atom is -0.279 e. The Morgan fingerprint density at radius 3 is 2.14 bits per heavy atom. The third-order valence-corrected chi connectivity index (χ3v) is 8.19. The van der Waals surface area contributed by atoms with Gasteiger partial charge in [-0.05, 0) is 55.7 Å². The summed E-state index contributed by atoms with van der Waals surface area (Å²) < 4.78 is 53.7. The molecule has 1 aliphatic heterocycles. The third-order valence-electron chi connectivity index (χ3n) is 4.79. The fraction of sp³-hybridized carbons (Fsp3) is 0.350. The number of carbonyl (C=O) groups is 1. The number of benzene rings is 2. The molecule has 0 radical (unpaired) electrons. The zero-order valence-electron chi connectivity index (χ0n) is 16.7. The maximum atomic E-state index is 12.8. The number of nitrogens with zero attached hydrogens (tertiary/aromatic N) is 1. The van der Waals surface area contributed by atoms with E-state index < -0.39 is 31.4 Å². The first-order chi connectivity index (χ1) is 13.3. The Morgan fingerprint density at radius 1 is 1.03 bits per heavy atom. The summed E-state index contributed by atoms with van der Waals surface area (Å²) in [5.41, 5.74) is 0.461. The fourth-order valence-corrected chi connectivity index (χ4v) is 6.51. The van der Waals surface area contributed by atoms with Crippen molar-refractivity contribution in [2.45, 2.75) is 38.5 Å². The van der Waals surface area contributed by atoms with E-state index in [1.165, 1.54) is 24.3 Å². The van der Waals surface area contributed by atoms with E-state index >= 15 is 0 Å². The van der Waals surface area contributed by atoms with Gasteiger partial charge >= 0.3 is 0 Å². The normalized spacial score (nSPS) is 18.2. The molecule has 156 valence electrons. The molecule has 0 aliphatic carbocycles. The van der Waals surface area contributed by atoms with Gasteiger partial charge in [0.1, 0.15) is 0 Å². The number of hydrogen-bond donors (Lipinski definition) is 1. The van der Waals surface area contributed by atoms with Crippen LogP contribution in [0.15, 0.2) is 53.4 Å². The van der Waals surface area contributed by atoms with Crippen molar-refractivity contribution in [3.8, 4) is 0 Å². The average molecular weight is 437 g/mol. The van der Waals surface area contributed by atoms with Crippen LogP contribution in [0.25, 0.3) is 0 Å². The van der Waals surface area contributed by atoms with Gasteiger partial charge in [0, 0.05) is 0 Å². The first-order valence-electron chi connectivity index (χ1n) is 9.14. The highest BCUT2D eigenvalue weighted by atomic mass is 32.2. The molecule has 1 aliphatic rings. The van der Waals surface area contributed by atoms with Crippen molar-refractivity contribution in [1.82, 2.24) is 0 Å². The number of carbonyl (C=O) groups excluding carboxylic acids is 1. The van der Waals surface area contributed by atoms with Crippen molar-refractivity contribution in [1.29, 1.82) is 0 Å². The molecule has 1 saturated heterocycles. The quantitative estimate of drug-likeness (QED) is 0.775. The summed E-state index contributed by atoms with van der Waals surface area (Å²) in [7, 11) is -7.67. The number of amides is 1. The molecule has 2 aromatic carbocycles. The molecule has 7 nitrogen and oxygen atoms in total. The Kier molecular flexibility index (Phi) is 5.25. The molecule has 0 spiro atoms. The smallest absolute Gasteiger partial charge is 0.261 e. The van der Waals surface area contributed by atoms with Gasteiger partial charge in [0.25, 0.3) is 10.0 Å². The molecule has 1 fully saturated rings. The van der Waals surface area contributed by atoms with Crippen LogP contribution < -0.4 is 9.03 Å². The lowest BCUT2D eigenvalue weighted by molar-refractivity contribution is -0.123. The molecule has 0 atom stereocenters. The van der Waals surface area contributed by atoms with Gasteiger partial charge in [0.2, 0.25) is 15.9 Å². The highest BCUT2D eigenvalue weighted by Gasteiger charge is 2.49. The lowest BCUT2D eigenvalue weighted by atomic mass is 9.95. The summed E-state index contributed by atoms with van der Waals surface area (Å²) in [4.78, 5) is 12.5. The first-order valence-corrected chi connectivity index (χ1v) is 12.2. The molecular weight excluding hydrogens is 412 g/mol. The van der Waals surface area contributed by atoms with Crippen molar-refractivity contribution < 1.29 is 21.6 Å². The standard InChI is InChI=1S/C20H24N2O5S2/c1-14(2)17-7-5-6-8-18(17)21-29(26,27)16-11-9-15(10-12-16)22-19(23)20(3,4)13-28(22,24)25/h5-12,14,21H,13H2,1-4H3. The van der Waals surface area contributed by atoms with Gasteiger partial charge in [-0.2, -0.15) is 0 Å². The summed E-state index contributed by atoms with van der Waals surface area (Å²) >= 11 is 0. The minimum atomic E-state index is -3.88. The number of anilines is 2. The van der Waals surface area contributed by atoms with E-state index in [0.29, 0.717) is 5.69 Å². The maximum Gasteiger partial charge on any atom is 0.261 e. The highest BCUT2D eigenvalue weighted by molar-refractivity contribution is 7.94. The molecule has 0 saturated carbocycles. The van der Waals surface area contributed by atoms with Gasteiger partial charge in [-0.25, -0.2) is 21.1 Å². The van der Waals surface area contributed by atoms with Gasteiger partial charge < -0.3 is 0 Å². The molecule has 9 heteroatoms. The fourth-order valence-electron chi connectivity index (χ4n) is 3.32. The van der Waals surface area contributed by atoms with Crippen molar-refractivity contribution >= 4 is 37.3 Å². The van der Waals surface area contributed by atoms with E-state index in [1.54, 1.807) is 26.0 Å². The number of sulfonamides is 2. The van der Waals surface area contributed by atoms with Gasteiger partial charge in [0.15, 0.2) is 0 Å². The molecule has 0 aromatic heterocycles. The van der Waals surface area contributed by atoms with Gasteiger partial charge in [-0.1, -0.05) is 32.0 Å². The van der Waals surface area contributed by atoms with E-state index in [9.17, 15) is 21.6 Å². The van der Waals surface area contributed by atoms with Crippen LogP contribution in [0.4, 0.5) is 11.4 Å². The largest absolute Gasteiger partial charge is 0.279 e. The number of nitrogens with one attached hydrogen (secondary N) is 1. The lowest BCUT2D eigenvalue weighted by Crippen LogP contribution is -2.32.